The number of hydrogen-bond donors (Lipinski definition) is 2. The first-order valence-electron chi connectivity index (χ1n) is 8.91. The lowest BCUT2D eigenvalue weighted by molar-refractivity contribution is 0.0840. The van der Waals surface area contributed by atoms with E-state index < -0.39 is 11.8 Å². The summed E-state index contributed by atoms with van der Waals surface area (Å²) in [7, 11) is 0. The summed E-state index contributed by atoms with van der Waals surface area (Å²) in [4.78, 5) is 33.6. The summed E-state index contributed by atoms with van der Waals surface area (Å²) >= 11 is 1.34. The van der Waals surface area contributed by atoms with Crippen LogP contribution in [0.1, 0.15) is 21.0 Å². The average molecular weight is 421 g/mol. The number of aromatic nitrogens is 3. The highest BCUT2D eigenvalue weighted by atomic mass is 32.2. The van der Waals surface area contributed by atoms with Crippen LogP contribution < -0.4 is 10.9 Å². The third-order valence-electron chi connectivity index (χ3n) is 4.35. The molecule has 0 radical (unpaired) electrons. The van der Waals surface area contributed by atoms with Crippen LogP contribution in [0.15, 0.2) is 72.0 Å². The van der Waals surface area contributed by atoms with E-state index in [1.165, 1.54) is 30.1 Å². The standard InChI is InChI=1S/C21H16FN5O2S/c1-30-21-23-12-18(27(21)15-9-7-14(22)8-10-15)20(29)26-25-19(28)17-11-6-13-4-2-3-5-16(13)24-17/h2-12H,1H3,(H,25,28)(H,26,29). The van der Waals surface area contributed by atoms with Gasteiger partial charge in [0.15, 0.2) is 5.16 Å². The molecule has 0 fully saturated rings. The van der Waals surface area contributed by atoms with Crippen LogP contribution in [0, 0.1) is 5.82 Å². The molecule has 4 aromatic rings. The molecule has 2 heterocycles. The number of fused-ring (bicyclic) bond motifs is 1. The molecule has 2 amide bonds. The Balaban J connectivity index is 1.53. The number of para-hydroxylation sites is 1. The van der Waals surface area contributed by atoms with Crippen LogP contribution in [0.25, 0.3) is 16.6 Å². The van der Waals surface area contributed by atoms with Gasteiger partial charge in [0, 0.05) is 11.1 Å². The molecule has 0 atom stereocenters. The topological polar surface area (TPSA) is 88.9 Å². The number of halogens is 1. The van der Waals surface area contributed by atoms with Crippen LogP contribution in [0.5, 0.6) is 0 Å². The average Bonchev–Trinajstić information content (AvgIpc) is 3.21. The maximum Gasteiger partial charge on any atom is 0.288 e. The van der Waals surface area contributed by atoms with Gasteiger partial charge in [0.25, 0.3) is 11.8 Å². The molecule has 0 unspecified atom stereocenters. The second-order valence-electron chi connectivity index (χ2n) is 6.24. The van der Waals surface area contributed by atoms with Crippen LogP contribution in [-0.2, 0) is 0 Å². The predicted molar refractivity (Wildman–Crippen MR) is 112 cm³/mol. The number of pyridine rings is 1. The van der Waals surface area contributed by atoms with Gasteiger partial charge in [0.05, 0.1) is 11.7 Å². The lowest BCUT2D eigenvalue weighted by Crippen LogP contribution is -2.42. The van der Waals surface area contributed by atoms with Gasteiger partial charge < -0.3 is 0 Å². The Morgan fingerprint density at radius 1 is 0.967 bits per heavy atom. The Hall–Kier alpha value is -3.72. The van der Waals surface area contributed by atoms with Gasteiger partial charge in [0.2, 0.25) is 0 Å². The number of imidazole rings is 1. The lowest BCUT2D eigenvalue weighted by atomic mass is 10.2. The molecule has 4 rings (SSSR count). The second-order valence-corrected chi connectivity index (χ2v) is 7.01. The summed E-state index contributed by atoms with van der Waals surface area (Å²) in [6.07, 6.45) is 3.21. The zero-order valence-electron chi connectivity index (χ0n) is 15.8. The number of nitrogens with one attached hydrogen (secondary N) is 2. The lowest BCUT2D eigenvalue weighted by Gasteiger charge is -2.12. The first-order chi connectivity index (χ1) is 14.6. The zero-order chi connectivity index (χ0) is 21.1. The molecule has 0 aliphatic rings. The normalized spacial score (nSPS) is 10.7. The van der Waals surface area contributed by atoms with Gasteiger partial charge in [0.1, 0.15) is 17.2 Å². The Bertz CT molecular complexity index is 1240. The first-order valence-corrected chi connectivity index (χ1v) is 10.1. The highest BCUT2D eigenvalue weighted by Gasteiger charge is 2.19. The fraction of sp³-hybridized carbons (Fsp3) is 0.0476. The summed E-state index contributed by atoms with van der Waals surface area (Å²) in [6, 6.07) is 16.5. The monoisotopic (exact) mass is 421 g/mol. The van der Waals surface area contributed by atoms with Crippen molar-refractivity contribution in [1.82, 2.24) is 25.4 Å². The van der Waals surface area contributed by atoms with Crippen molar-refractivity contribution in [3.8, 4) is 5.69 Å². The molecule has 150 valence electrons. The third-order valence-corrected chi connectivity index (χ3v) is 5.00. The molecule has 7 nitrogen and oxygen atoms in total. The largest absolute Gasteiger partial charge is 0.288 e. The number of hydrogen-bond acceptors (Lipinski definition) is 5. The van der Waals surface area contributed by atoms with Crippen LogP contribution in [-0.4, -0.2) is 32.6 Å². The minimum absolute atomic E-state index is 0.172. The quantitative estimate of drug-likeness (QED) is 0.390. The number of rotatable bonds is 4. The minimum atomic E-state index is -0.568. The summed E-state index contributed by atoms with van der Waals surface area (Å²) < 4.78 is 14.9. The van der Waals surface area contributed by atoms with E-state index >= 15 is 0 Å². The number of amides is 2. The van der Waals surface area contributed by atoms with Gasteiger partial charge >= 0.3 is 0 Å². The fourth-order valence-electron chi connectivity index (χ4n) is 2.91. The van der Waals surface area contributed by atoms with Crippen molar-refractivity contribution in [2.45, 2.75) is 5.16 Å². The smallest absolute Gasteiger partial charge is 0.283 e. The number of benzene rings is 2. The van der Waals surface area contributed by atoms with Gasteiger partial charge in [-0.25, -0.2) is 14.4 Å². The number of carbonyl (C=O) groups excluding carboxylic acids is 2. The molecule has 0 aliphatic heterocycles. The van der Waals surface area contributed by atoms with E-state index in [9.17, 15) is 14.0 Å². The van der Waals surface area contributed by atoms with Gasteiger partial charge in [-0.05, 0) is 42.7 Å². The van der Waals surface area contributed by atoms with E-state index in [1.54, 1.807) is 34.9 Å². The van der Waals surface area contributed by atoms with Crippen molar-refractivity contribution < 1.29 is 14.0 Å². The van der Waals surface area contributed by atoms with Crippen LogP contribution >= 0.6 is 11.8 Å². The first kappa shape index (κ1) is 19.6. The van der Waals surface area contributed by atoms with Gasteiger partial charge in [-0.2, -0.15) is 0 Å². The van der Waals surface area contributed by atoms with E-state index in [1.807, 2.05) is 24.5 Å². The van der Waals surface area contributed by atoms with E-state index in [-0.39, 0.29) is 17.2 Å². The molecule has 0 saturated carbocycles. The number of carbonyl (C=O) groups is 2. The van der Waals surface area contributed by atoms with Crippen molar-refractivity contribution in [2.75, 3.05) is 6.26 Å². The van der Waals surface area contributed by atoms with Gasteiger partial charge in [-0.15, -0.1) is 0 Å². The molecule has 0 aliphatic carbocycles. The van der Waals surface area contributed by atoms with Crippen molar-refractivity contribution >= 4 is 34.5 Å². The third kappa shape index (κ3) is 3.87. The van der Waals surface area contributed by atoms with Crippen molar-refractivity contribution in [2.24, 2.45) is 0 Å². The predicted octanol–water partition coefficient (Wildman–Crippen LogP) is 3.36. The summed E-state index contributed by atoms with van der Waals surface area (Å²) in [5.74, 6) is -1.50. The van der Waals surface area contributed by atoms with Gasteiger partial charge in [-0.1, -0.05) is 36.0 Å². The van der Waals surface area contributed by atoms with E-state index in [4.69, 9.17) is 0 Å². The van der Waals surface area contributed by atoms with Gasteiger partial charge in [-0.3, -0.25) is 25.0 Å². The molecular formula is C21H16FN5O2S. The second kappa shape index (κ2) is 8.34. The molecule has 2 aromatic heterocycles. The van der Waals surface area contributed by atoms with Crippen molar-refractivity contribution in [3.05, 3.63) is 84.1 Å². The molecule has 0 saturated heterocycles. The SMILES string of the molecule is CSc1ncc(C(=O)NNC(=O)c2ccc3ccccc3n2)n1-c1ccc(F)cc1. The molecule has 2 aromatic carbocycles. The minimum Gasteiger partial charge on any atom is -0.283 e. The van der Waals surface area contributed by atoms with E-state index in [2.05, 4.69) is 20.8 Å². The van der Waals surface area contributed by atoms with Crippen LogP contribution in [0.2, 0.25) is 0 Å². The number of hydrazine groups is 1. The zero-order valence-corrected chi connectivity index (χ0v) is 16.6. The molecule has 30 heavy (non-hydrogen) atoms. The molecule has 2 N–H and O–H groups in total. The maximum absolute atomic E-state index is 13.3. The van der Waals surface area contributed by atoms with Crippen LogP contribution in [0.3, 0.4) is 0 Å². The Morgan fingerprint density at radius 3 is 2.47 bits per heavy atom. The fourth-order valence-corrected chi connectivity index (χ4v) is 3.46. The van der Waals surface area contributed by atoms with E-state index in [0.717, 1.165) is 5.39 Å². The van der Waals surface area contributed by atoms with E-state index in [0.29, 0.717) is 16.4 Å². The molecule has 9 heteroatoms. The van der Waals surface area contributed by atoms with Crippen molar-refractivity contribution in [3.63, 3.8) is 0 Å². The maximum atomic E-state index is 13.3. The summed E-state index contributed by atoms with van der Waals surface area (Å²) in [6.45, 7) is 0. The van der Waals surface area contributed by atoms with Crippen LogP contribution in [0.4, 0.5) is 4.39 Å². The molecule has 0 spiro atoms. The summed E-state index contributed by atoms with van der Waals surface area (Å²) in [5, 5.41) is 1.46. The highest BCUT2D eigenvalue weighted by molar-refractivity contribution is 7.98. The Labute approximate surface area is 175 Å². The number of thioether (sulfide) groups is 1. The Kier molecular flexibility index (Phi) is 5.44. The summed E-state index contributed by atoms with van der Waals surface area (Å²) in [5.41, 5.74) is 6.37. The van der Waals surface area contributed by atoms with Crippen molar-refractivity contribution in [1.29, 1.82) is 0 Å². The highest BCUT2D eigenvalue weighted by Crippen LogP contribution is 2.22. The Morgan fingerprint density at radius 2 is 1.70 bits per heavy atom. The molecular weight excluding hydrogens is 405 g/mol. The molecule has 0 bridgehead atoms. The number of nitrogens with zero attached hydrogens (tertiary/aromatic N) is 3.